The molecule has 0 saturated carbocycles. The molecule has 2 aromatic carbocycles. The molecule has 8 nitrogen and oxygen atoms in total. The van der Waals surface area contributed by atoms with E-state index < -0.39 is 73.8 Å². The van der Waals surface area contributed by atoms with E-state index in [2.05, 4.69) is 15.6 Å². The number of alkyl halides is 6. The standard InChI is InChI=1S/C26H25ClF6N4O4/c1-41-18-7-3-6-17-19(13-4-2-5-14(27)12-13)35-22(24(40)36-20(17)18)37-23(39)16(9-11-26(31,32)33)15(21(34)38)8-10-25(28,29)30/h2-7,12,15-16,22H,8-11H2,1H3,(H2,34,38)(H,36,40)(H,37,39)/t15?,16?,22-/m1/s1. The Morgan fingerprint density at radius 3 is 2.22 bits per heavy atom. The lowest BCUT2D eigenvalue weighted by Crippen LogP contribution is -2.48. The highest BCUT2D eigenvalue weighted by Gasteiger charge is 2.40. The van der Waals surface area contributed by atoms with Gasteiger partial charge in [0.15, 0.2) is 0 Å². The second kappa shape index (κ2) is 12.8. The van der Waals surface area contributed by atoms with E-state index >= 15 is 0 Å². The quantitative estimate of drug-likeness (QED) is 0.330. The number of hydrogen-bond donors (Lipinski definition) is 3. The van der Waals surface area contributed by atoms with E-state index in [0.717, 1.165) is 0 Å². The molecular formula is C26H25ClF6N4O4. The number of benzodiazepines with no additional fused rings is 1. The number of carbonyl (C=O) groups excluding carboxylic acids is 3. The van der Waals surface area contributed by atoms with Gasteiger partial charge < -0.3 is 21.1 Å². The van der Waals surface area contributed by atoms with Gasteiger partial charge in [-0.05, 0) is 31.0 Å². The number of methoxy groups -OCH3 is 1. The largest absolute Gasteiger partial charge is 0.495 e. The Labute approximate surface area is 235 Å². The molecule has 222 valence electrons. The second-order valence-electron chi connectivity index (χ2n) is 9.19. The number of benzene rings is 2. The molecule has 4 N–H and O–H groups in total. The molecule has 0 aromatic heterocycles. The molecule has 3 atom stereocenters. The summed E-state index contributed by atoms with van der Waals surface area (Å²) in [6.45, 7) is 0. The lowest BCUT2D eigenvalue weighted by molar-refractivity contribution is -0.152. The van der Waals surface area contributed by atoms with Gasteiger partial charge in [-0.25, -0.2) is 4.99 Å². The number of halogens is 7. The Morgan fingerprint density at radius 2 is 1.66 bits per heavy atom. The minimum atomic E-state index is -4.79. The number of ether oxygens (including phenoxy) is 1. The predicted octanol–water partition coefficient (Wildman–Crippen LogP) is 4.98. The predicted molar refractivity (Wildman–Crippen MR) is 137 cm³/mol. The maximum Gasteiger partial charge on any atom is 0.389 e. The summed E-state index contributed by atoms with van der Waals surface area (Å²) in [5.74, 6) is -7.23. The Morgan fingerprint density at radius 1 is 1.05 bits per heavy atom. The van der Waals surface area contributed by atoms with Crippen molar-refractivity contribution in [1.29, 1.82) is 0 Å². The van der Waals surface area contributed by atoms with Gasteiger partial charge in [0.05, 0.1) is 18.5 Å². The van der Waals surface area contributed by atoms with Crippen molar-refractivity contribution in [2.75, 3.05) is 12.4 Å². The zero-order valence-electron chi connectivity index (χ0n) is 21.4. The molecule has 0 radical (unpaired) electrons. The van der Waals surface area contributed by atoms with Crippen LogP contribution in [0.2, 0.25) is 5.02 Å². The minimum absolute atomic E-state index is 0.139. The van der Waals surface area contributed by atoms with Crippen molar-refractivity contribution in [1.82, 2.24) is 5.32 Å². The number of rotatable bonds is 10. The molecule has 0 bridgehead atoms. The highest BCUT2D eigenvalue weighted by Crippen LogP contribution is 2.35. The lowest BCUT2D eigenvalue weighted by Gasteiger charge is -2.26. The van der Waals surface area contributed by atoms with Crippen LogP contribution in [0.5, 0.6) is 5.75 Å². The molecule has 0 spiro atoms. The van der Waals surface area contributed by atoms with E-state index in [-0.39, 0.29) is 17.1 Å². The van der Waals surface area contributed by atoms with E-state index in [0.29, 0.717) is 16.1 Å². The van der Waals surface area contributed by atoms with Gasteiger partial charge in [-0.3, -0.25) is 14.4 Å². The van der Waals surface area contributed by atoms with Crippen LogP contribution in [0.3, 0.4) is 0 Å². The maximum atomic E-state index is 13.3. The topological polar surface area (TPSA) is 123 Å². The van der Waals surface area contributed by atoms with Crippen molar-refractivity contribution in [2.45, 2.75) is 44.2 Å². The van der Waals surface area contributed by atoms with Crippen LogP contribution in [0.1, 0.15) is 36.8 Å². The number of hydrogen-bond acceptors (Lipinski definition) is 5. The Kier molecular flexibility index (Phi) is 9.89. The molecule has 0 saturated heterocycles. The Hall–Kier alpha value is -3.81. The molecule has 1 aliphatic heterocycles. The number of nitrogens with one attached hydrogen (secondary N) is 2. The van der Waals surface area contributed by atoms with E-state index in [4.69, 9.17) is 22.1 Å². The SMILES string of the molecule is COc1cccc2c1NC(=O)[C@@H](NC(=O)C(CCC(F)(F)F)C(CCC(F)(F)F)C(N)=O)N=C2c1cccc(Cl)c1. The average molecular weight is 607 g/mol. The van der Waals surface area contributed by atoms with Crippen molar-refractivity contribution in [2.24, 2.45) is 22.6 Å². The Bertz CT molecular complexity index is 1330. The second-order valence-corrected chi connectivity index (χ2v) is 9.63. The smallest absolute Gasteiger partial charge is 0.389 e. The third-order valence-electron chi connectivity index (χ3n) is 6.30. The van der Waals surface area contributed by atoms with Gasteiger partial charge in [-0.1, -0.05) is 35.9 Å². The van der Waals surface area contributed by atoms with Gasteiger partial charge in [0.2, 0.25) is 18.0 Å². The van der Waals surface area contributed by atoms with Crippen molar-refractivity contribution in [3.05, 3.63) is 58.6 Å². The number of primary amides is 1. The van der Waals surface area contributed by atoms with E-state index in [1.54, 1.807) is 36.4 Å². The molecule has 3 rings (SSSR count). The third kappa shape index (κ3) is 8.59. The highest BCUT2D eigenvalue weighted by atomic mass is 35.5. The number of aliphatic imine (C=N–C) groups is 1. The van der Waals surface area contributed by atoms with Crippen LogP contribution in [0, 0.1) is 11.8 Å². The van der Waals surface area contributed by atoms with Gasteiger partial charge in [0.25, 0.3) is 5.91 Å². The molecular weight excluding hydrogens is 582 g/mol. The van der Waals surface area contributed by atoms with Crippen LogP contribution in [0.25, 0.3) is 0 Å². The molecule has 0 fully saturated rings. The van der Waals surface area contributed by atoms with Gasteiger partial charge in [-0.15, -0.1) is 0 Å². The summed E-state index contributed by atoms with van der Waals surface area (Å²) in [7, 11) is 1.35. The van der Waals surface area contributed by atoms with Crippen LogP contribution < -0.4 is 21.1 Å². The van der Waals surface area contributed by atoms with Crippen LogP contribution in [-0.2, 0) is 14.4 Å². The fourth-order valence-corrected chi connectivity index (χ4v) is 4.57. The summed E-state index contributed by atoms with van der Waals surface area (Å²) in [5, 5.41) is 5.06. The maximum absolute atomic E-state index is 13.3. The molecule has 2 aromatic rings. The lowest BCUT2D eigenvalue weighted by atomic mass is 9.83. The first-order valence-corrected chi connectivity index (χ1v) is 12.5. The Balaban J connectivity index is 2.04. The van der Waals surface area contributed by atoms with Crippen LogP contribution in [0.4, 0.5) is 32.0 Å². The average Bonchev–Trinajstić information content (AvgIpc) is 3.00. The van der Waals surface area contributed by atoms with Gasteiger partial charge in [0.1, 0.15) is 5.75 Å². The fourth-order valence-electron chi connectivity index (χ4n) is 4.38. The number of amides is 3. The van der Waals surface area contributed by atoms with Crippen molar-refractivity contribution >= 4 is 40.7 Å². The summed E-state index contributed by atoms with van der Waals surface area (Å²) in [4.78, 5) is 42.9. The van der Waals surface area contributed by atoms with Gasteiger partial charge in [-0.2, -0.15) is 26.3 Å². The number of para-hydroxylation sites is 1. The molecule has 3 amide bonds. The van der Waals surface area contributed by atoms with Crippen molar-refractivity contribution < 1.29 is 45.5 Å². The van der Waals surface area contributed by atoms with Crippen molar-refractivity contribution in [3.63, 3.8) is 0 Å². The fraction of sp³-hybridized carbons (Fsp3) is 0.385. The van der Waals surface area contributed by atoms with Gasteiger partial charge >= 0.3 is 12.4 Å². The third-order valence-corrected chi connectivity index (χ3v) is 6.53. The first kappa shape index (κ1) is 31.7. The molecule has 15 heteroatoms. The number of nitrogens with zero attached hydrogens (tertiary/aromatic N) is 1. The minimum Gasteiger partial charge on any atom is -0.495 e. The van der Waals surface area contributed by atoms with Crippen LogP contribution >= 0.6 is 11.6 Å². The van der Waals surface area contributed by atoms with E-state index in [1.807, 2.05) is 0 Å². The van der Waals surface area contributed by atoms with Crippen LogP contribution in [0.15, 0.2) is 47.5 Å². The summed E-state index contributed by atoms with van der Waals surface area (Å²) in [5.41, 5.74) is 6.29. The molecule has 1 aliphatic rings. The molecule has 41 heavy (non-hydrogen) atoms. The van der Waals surface area contributed by atoms with Crippen LogP contribution in [-0.4, -0.2) is 49.1 Å². The number of carbonyl (C=O) groups is 3. The molecule has 0 aliphatic carbocycles. The number of anilines is 1. The van der Waals surface area contributed by atoms with E-state index in [9.17, 15) is 40.7 Å². The molecule has 2 unspecified atom stereocenters. The van der Waals surface area contributed by atoms with E-state index in [1.165, 1.54) is 13.2 Å². The summed E-state index contributed by atoms with van der Waals surface area (Å²) >= 11 is 6.13. The van der Waals surface area contributed by atoms with Crippen molar-refractivity contribution in [3.8, 4) is 5.75 Å². The first-order valence-electron chi connectivity index (χ1n) is 12.1. The molecule has 1 heterocycles. The normalized spacial score (nSPS) is 16.9. The first-order chi connectivity index (χ1) is 19.1. The zero-order chi connectivity index (χ0) is 30.5. The number of nitrogens with two attached hydrogens (primary N) is 1. The summed E-state index contributed by atoms with van der Waals surface area (Å²) < 4.78 is 83.1. The summed E-state index contributed by atoms with van der Waals surface area (Å²) in [6.07, 6.45) is -16.5. The van der Waals surface area contributed by atoms with Gasteiger partial charge in [0, 0.05) is 40.8 Å². The highest BCUT2D eigenvalue weighted by molar-refractivity contribution is 6.31. The summed E-state index contributed by atoms with van der Waals surface area (Å²) in [6, 6.07) is 11.0. The zero-order valence-corrected chi connectivity index (χ0v) is 22.2. The monoisotopic (exact) mass is 606 g/mol. The number of fused-ring (bicyclic) bond motifs is 1.